The minimum atomic E-state index is -0.849. The lowest BCUT2D eigenvalue weighted by Gasteiger charge is -2.33. The van der Waals surface area contributed by atoms with Crippen LogP contribution in [0, 0.1) is 17.2 Å². The Kier molecular flexibility index (Phi) is 7.26. The van der Waals surface area contributed by atoms with E-state index in [1.54, 1.807) is 6.92 Å². The van der Waals surface area contributed by atoms with Gasteiger partial charge < -0.3 is 10.2 Å². The molecule has 0 aromatic heterocycles. The maximum atomic E-state index is 12.7. The first-order chi connectivity index (χ1) is 12.8. The second-order valence-corrected chi connectivity index (χ2v) is 8.23. The third-order valence-electron chi connectivity index (χ3n) is 5.92. The molecule has 1 heterocycles. The van der Waals surface area contributed by atoms with Crippen LogP contribution in [0.15, 0.2) is 24.3 Å². The lowest BCUT2D eigenvalue weighted by molar-refractivity contribution is -0.127. The van der Waals surface area contributed by atoms with Gasteiger partial charge in [0.15, 0.2) is 0 Å². The summed E-state index contributed by atoms with van der Waals surface area (Å²) in [5, 5.41) is 12.4. The van der Waals surface area contributed by atoms with Crippen LogP contribution in [0.4, 0.5) is 5.69 Å². The van der Waals surface area contributed by atoms with E-state index in [4.69, 9.17) is 0 Å². The topological polar surface area (TPSA) is 59.4 Å². The molecule has 2 atom stereocenters. The van der Waals surface area contributed by atoms with Gasteiger partial charge >= 0.3 is 0 Å². The molecule has 5 nitrogen and oxygen atoms in total. The van der Waals surface area contributed by atoms with Crippen LogP contribution in [-0.2, 0) is 11.3 Å². The molecule has 148 valence electrons. The summed E-state index contributed by atoms with van der Waals surface area (Å²) in [6.45, 7) is 10.5. The molecule has 1 aliphatic rings. The molecular weight excluding hydrogens is 336 g/mol. The van der Waals surface area contributed by atoms with Crippen molar-refractivity contribution >= 4 is 11.6 Å². The number of hydrogen-bond acceptors (Lipinski definition) is 4. The minimum Gasteiger partial charge on any atom is -0.371 e. The van der Waals surface area contributed by atoms with Gasteiger partial charge in [0.1, 0.15) is 5.54 Å². The molecule has 0 bridgehead atoms. The van der Waals surface area contributed by atoms with Gasteiger partial charge in [-0.25, -0.2) is 0 Å². The summed E-state index contributed by atoms with van der Waals surface area (Å²) < 4.78 is 0. The van der Waals surface area contributed by atoms with Crippen LogP contribution in [-0.4, -0.2) is 42.5 Å². The predicted molar refractivity (Wildman–Crippen MR) is 110 cm³/mol. The highest BCUT2D eigenvalue weighted by atomic mass is 16.2. The van der Waals surface area contributed by atoms with Crippen molar-refractivity contribution < 1.29 is 4.79 Å². The summed E-state index contributed by atoms with van der Waals surface area (Å²) in [6.07, 6.45) is 3.79. The van der Waals surface area contributed by atoms with Crippen molar-refractivity contribution in [2.45, 2.75) is 65.1 Å². The van der Waals surface area contributed by atoms with Crippen molar-refractivity contribution in [3.8, 4) is 6.07 Å². The first-order valence-corrected chi connectivity index (χ1v) is 10.0. The summed E-state index contributed by atoms with van der Waals surface area (Å²) in [5.74, 6) is -0.0607. The summed E-state index contributed by atoms with van der Waals surface area (Å²) in [4.78, 5) is 17.2. The fourth-order valence-electron chi connectivity index (χ4n) is 3.36. The second-order valence-electron chi connectivity index (χ2n) is 8.23. The van der Waals surface area contributed by atoms with Crippen molar-refractivity contribution in [1.29, 1.82) is 5.26 Å². The van der Waals surface area contributed by atoms with Gasteiger partial charge in [0.2, 0.25) is 5.91 Å². The van der Waals surface area contributed by atoms with Crippen molar-refractivity contribution in [2.75, 3.05) is 25.0 Å². The van der Waals surface area contributed by atoms with Gasteiger partial charge in [0.05, 0.1) is 12.1 Å². The van der Waals surface area contributed by atoms with E-state index in [1.165, 1.54) is 30.5 Å². The van der Waals surface area contributed by atoms with Crippen LogP contribution < -0.4 is 10.2 Å². The first kappa shape index (κ1) is 21.2. The minimum absolute atomic E-state index is 0.0452. The van der Waals surface area contributed by atoms with Crippen molar-refractivity contribution in [3.05, 3.63) is 29.8 Å². The van der Waals surface area contributed by atoms with Crippen LogP contribution in [0.1, 0.15) is 52.5 Å². The third kappa shape index (κ3) is 5.23. The zero-order chi connectivity index (χ0) is 20.0. The van der Waals surface area contributed by atoms with Gasteiger partial charge in [-0.1, -0.05) is 32.0 Å². The number of para-hydroxylation sites is 1. The SMILES string of the molecule is CC(C(=O)NC(C)(C#N)C(C)C)N(C)Cc1ccccc1N1CCCCC1. The number of nitrogens with zero attached hydrogens (tertiary/aromatic N) is 3. The van der Waals surface area contributed by atoms with E-state index < -0.39 is 5.54 Å². The lowest BCUT2D eigenvalue weighted by atomic mass is 9.89. The summed E-state index contributed by atoms with van der Waals surface area (Å²) in [5.41, 5.74) is 1.67. The first-order valence-electron chi connectivity index (χ1n) is 10.0. The number of rotatable bonds is 7. The largest absolute Gasteiger partial charge is 0.371 e. The van der Waals surface area contributed by atoms with Gasteiger partial charge in [-0.05, 0) is 57.7 Å². The molecule has 0 aliphatic carbocycles. The number of carbonyl (C=O) groups is 1. The van der Waals surface area contributed by atoms with Gasteiger partial charge in [-0.2, -0.15) is 5.26 Å². The number of nitriles is 1. The summed E-state index contributed by atoms with van der Waals surface area (Å²) in [6, 6.07) is 10.4. The molecule has 2 unspecified atom stereocenters. The smallest absolute Gasteiger partial charge is 0.238 e. The molecule has 2 rings (SSSR count). The molecule has 0 radical (unpaired) electrons. The number of likely N-dealkylation sites (N-methyl/N-ethyl adjacent to an activating group) is 1. The van der Waals surface area contributed by atoms with Gasteiger partial charge in [0, 0.05) is 25.3 Å². The van der Waals surface area contributed by atoms with Gasteiger partial charge in [-0.15, -0.1) is 0 Å². The summed E-state index contributed by atoms with van der Waals surface area (Å²) >= 11 is 0. The van der Waals surface area contributed by atoms with E-state index in [0.29, 0.717) is 6.54 Å². The molecule has 5 heteroatoms. The number of carbonyl (C=O) groups excluding carboxylic acids is 1. The van der Waals surface area contributed by atoms with Crippen LogP contribution in [0.3, 0.4) is 0 Å². The van der Waals surface area contributed by atoms with E-state index in [9.17, 15) is 10.1 Å². The predicted octanol–water partition coefficient (Wildman–Crippen LogP) is 3.55. The van der Waals surface area contributed by atoms with Crippen LogP contribution in [0.5, 0.6) is 0 Å². The monoisotopic (exact) mass is 370 g/mol. The Hall–Kier alpha value is -2.06. The molecular formula is C22H34N4O. The molecule has 1 N–H and O–H groups in total. The lowest BCUT2D eigenvalue weighted by Crippen LogP contribution is -2.54. The maximum absolute atomic E-state index is 12.7. The standard InChI is InChI=1S/C22H34N4O/c1-17(2)22(4,16-23)24-21(27)18(3)25(5)15-19-11-7-8-12-20(19)26-13-9-6-10-14-26/h7-8,11-12,17-18H,6,9-10,13-15H2,1-5H3,(H,24,27). The molecule has 1 aromatic carbocycles. The van der Waals surface area contributed by atoms with Gasteiger partial charge in [-0.3, -0.25) is 9.69 Å². The molecule has 0 spiro atoms. The molecule has 1 saturated heterocycles. The molecule has 0 saturated carbocycles. The van der Waals surface area contributed by atoms with Crippen molar-refractivity contribution in [2.24, 2.45) is 5.92 Å². The van der Waals surface area contributed by atoms with Crippen molar-refractivity contribution in [3.63, 3.8) is 0 Å². The zero-order valence-electron chi connectivity index (χ0n) is 17.5. The third-order valence-corrected chi connectivity index (χ3v) is 5.92. The fraction of sp³-hybridized carbons (Fsp3) is 0.636. The molecule has 1 aliphatic heterocycles. The normalized spacial score (nSPS) is 18.1. The highest BCUT2D eigenvalue weighted by molar-refractivity contribution is 5.82. The fourth-order valence-corrected chi connectivity index (χ4v) is 3.36. The van der Waals surface area contributed by atoms with Crippen LogP contribution >= 0.6 is 0 Å². The Morgan fingerprint density at radius 2 is 1.89 bits per heavy atom. The number of amides is 1. The number of benzene rings is 1. The average Bonchev–Trinajstić information content (AvgIpc) is 2.68. The Bertz CT molecular complexity index is 675. The Morgan fingerprint density at radius 3 is 2.48 bits per heavy atom. The quantitative estimate of drug-likeness (QED) is 0.797. The molecule has 1 fully saturated rings. The highest BCUT2D eigenvalue weighted by Crippen LogP contribution is 2.25. The maximum Gasteiger partial charge on any atom is 0.238 e. The Morgan fingerprint density at radius 1 is 1.26 bits per heavy atom. The number of nitrogens with one attached hydrogen (secondary N) is 1. The Balaban J connectivity index is 2.07. The van der Waals surface area contributed by atoms with E-state index in [1.807, 2.05) is 27.8 Å². The van der Waals surface area contributed by atoms with Gasteiger partial charge in [0.25, 0.3) is 0 Å². The van der Waals surface area contributed by atoms with Crippen molar-refractivity contribution in [1.82, 2.24) is 10.2 Å². The number of anilines is 1. The van der Waals surface area contributed by atoms with E-state index in [-0.39, 0.29) is 17.9 Å². The van der Waals surface area contributed by atoms with E-state index >= 15 is 0 Å². The average molecular weight is 371 g/mol. The molecule has 27 heavy (non-hydrogen) atoms. The molecule has 1 aromatic rings. The number of hydrogen-bond donors (Lipinski definition) is 1. The highest BCUT2D eigenvalue weighted by Gasteiger charge is 2.32. The number of piperidine rings is 1. The second kappa shape index (κ2) is 9.23. The van der Waals surface area contributed by atoms with E-state index in [2.05, 4.69) is 45.5 Å². The van der Waals surface area contributed by atoms with Crippen LogP contribution in [0.2, 0.25) is 0 Å². The summed E-state index contributed by atoms with van der Waals surface area (Å²) in [7, 11) is 1.97. The Labute approximate surface area is 164 Å². The van der Waals surface area contributed by atoms with Crippen LogP contribution in [0.25, 0.3) is 0 Å². The zero-order valence-corrected chi connectivity index (χ0v) is 17.5. The van der Waals surface area contributed by atoms with E-state index in [0.717, 1.165) is 13.1 Å². The molecule has 1 amide bonds.